The first-order chi connectivity index (χ1) is 9.54. The number of benzene rings is 2. The summed E-state index contributed by atoms with van der Waals surface area (Å²) >= 11 is 3.46. The Morgan fingerprint density at radius 3 is 2.45 bits per heavy atom. The third-order valence-corrected chi connectivity index (χ3v) is 4.12. The first-order valence-corrected chi connectivity index (χ1v) is 7.26. The molecule has 0 aromatic heterocycles. The van der Waals surface area contributed by atoms with Crippen molar-refractivity contribution in [2.75, 3.05) is 17.2 Å². The monoisotopic (exact) mass is 332 g/mol. The lowest BCUT2D eigenvalue weighted by molar-refractivity contribution is 0.0987. The molecule has 0 radical (unpaired) electrons. The highest BCUT2D eigenvalue weighted by Crippen LogP contribution is 2.24. The molecule has 1 amide bonds. The molecule has 104 valence electrons. The molecule has 0 bridgehead atoms. The summed E-state index contributed by atoms with van der Waals surface area (Å²) < 4.78 is 0.941. The summed E-state index contributed by atoms with van der Waals surface area (Å²) in [7, 11) is 0. The molecule has 0 fully saturated rings. The van der Waals surface area contributed by atoms with Gasteiger partial charge in [-0.1, -0.05) is 22.0 Å². The molecular weight excluding hydrogens is 316 g/mol. The number of anilines is 2. The molecule has 3 nitrogen and oxygen atoms in total. The third kappa shape index (κ3) is 2.85. The molecule has 0 saturated carbocycles. The highest BCUT2D eigenvalue weighted by molar-refractivity contribution is 9.10. The molecule has 2 aromatic rings. The molecule has 0 spiro atoms. The van der Waals surface area contributed by atoms with E-state index in [2.05, 4.69) is 15.9 Å². The average Bonchev–Trinajstić information content (AvgIpc) is 2.44. The second-order valence-corrected chi connectivity index (χ2v) is 5.41. The molecular formula is C16H17BrN2O. The molecule has 0 aliphatic carbocycles. The summed E-state index contributed by atoms with van der Waals surface area (Å²) in [5, 5.41) is 0. The fourth-order valence-electron chi connectivity index (χ4n) is 2.08. The van der Waals surface area contributed by atoms with Crippen molar-refractivity contribution in [3.05, 3.63) is 58.1 Å². The van der Waals surface area contributed by atoms with Gasteiger partial charge in [0.2, 0.25) is 0 Å². The van der Waals surface area contributed by atoms with E-state index >= 15 is 0 Å². The van der Waals surface area contributed by atoms with Crippen LogP contribution in [-0.2, 0) is 0 Å². The average molecular weight is 333 g/mol. The smallest absolute Gasteiger partial charge is 0.258 e. The number of nitrogens with zero attached hydrogens (tertiary/aromatic N) is 1. The highest BCUT2D eigenvalue weighted by atomic mass is 79.9. The fourth-order valence-corrected chi connectivity index (χ4v) is 2.45. The van der Waals surface area contributed by atoms with Crippen molar-refractivity contribution in [1.29, 1.82) is 0 Å². The number of nitrogens with two attached hydrogens (primary N) is 1. The molecule has 0 unspecified atom stereocenters. The SMILES string of the molecule is CCN(C(=O)c1cccc(Br)c1C)c1ccc(N)cc1. The van der Waals surface area contributed by atoms with E-state index < -0.39 is 0 Å². The van der Waals surface area contributed by atoms with Gasteiger partial charge in [-0.05, 0) is 55.8 Å². The van der Waals surface area contributed by atoms with Crippen LogP contribution >= 0.6 is 15.9 Å². The molecule has 2 rings (SSSR count). The molecule has 0 aliphatic rings. The minimum atomic E-state index is -0.00364. The van der Waals surface area contributed by atoms with Crippen LogP contribution < -0.4 is 10.6 Å². The topological polar surface area (TPSA) is 46.3 Å². The van der Waals surface area contributed by atoms with E-state index in [0.717, 1.165) is 15.7 Å². The normalized spacial score (nSPS) is 10.3. The second kappa shape index (κ2) is 6.09. The van der Waals surface area contributed by atoms with Crippen LogP contribution in [0.1, 0.15) is 22.8 Å². The van der Waals surface area contributed by atoms with Gasteiger partial charge in [0, 0.05) is 28.0 Å². The molecule has 0 heterocycles. The van der Waals surface area contributed by atoms with Crippen molar-refractivity contribution >= 4 is 33.2 Å². The lowest BCUT2D eigenvalue weighted by Gasteiger charge is -2.22. The van der Waals surface area contributed by atoms with E-state index in [-0.39, 0.29) is 5.91 Å². The van der Waals surface area contributed by atoms with Gasteiger partial charge in [0.05, 0.1) is 0 Å². The van der Waals surface area contributed by atoms with Crippen LogP contribution in [0.5, 0.6) is 0 Å². The van der Waals surface area contributed by atoms with Crippen molar-refractivity contribution in [3.63, 3.8) is 0 Å². The predicted molar refractivity (Wildman–Crippen MR) is 87.1 cm³/mol. The lowest BCUT2D eigenvalue weighted by Crippen LogP contribution is -2.31. The number of nitrogen functional groups attached to an aromatic ring is 1. The van der Waals surface area contributed by atoms with Crippen LogP contribution in [0.3, 0.4) is 0 Å². The fraction of sp³-hybridized carbons (Fsp3) is 0.188. The van der Waals surface area contributed by atoms with Gasteiger partial charge in [-0.25, -0.2) is 0 Å². The quantitative estimate of drug-likeness (QED) is 0.863. The van der Waals surface area contributed by atoms with Crippen molar-refractivity contribution in [2.45, 2.75) is 13.8 Å². The van der Waals surface area contributed by atoms with E-state index in [1.807, 2.05) is 44.2 Å². The number of hydrogen-bond acceptors (Lipinski definition) is 2. The number of carbonyl (C=O) groups is 1. The van der Waals surface area contributed by atoms with Gasteiger partial charge in [0.1, 0.15) is 0 Å². The van der Waals surface area contributed by atoms with Gasteiger partial charge in [0.25, 0.3) is 5.91 Å². The van der Waals surface area contributed by atoms with Crippen LogP contribution in [0, 0.1) is 6.92 Å². The zero-order valence-corrected chi connectivity index (χ0v) is 13.1. The predicted octanol–water partition coefficient (Wildman–Crippen LogP) is 4.01. The molecule has 0 atom stereocenters. The van der Waals surface area contributed by atoms with Crippen molar-refractivity contribution in [1.82, 2.24) is 0 Å². The van der Waals surface area contributed by atoms with E-state index in [4.69, 9.17) is 5.73 Å². The molecule has 20 heavy (non-hydrogen) atoms. The molecule has 2 N–H and O–H groups in total. The van der Waals surface area contributed by atoms with Crippen molar-refractivity contribution < 1.29 is 4.79 Å². The summed E-state index contributed by atoms with van der Waals surface area (Å²) in [4.78, 5) is 14.5. The highest BCUT2D eigenvalue weighted by Gasteiger charge is 2.18. The number of rotatable bonds is 3. The second-order valence-electron chi connectivity index (χ2n) is 4.55. The maximum absolute atomic E-state index is 12.7. The molecule has 2 aromatic carbocycles. The summed E-state index contributed by atoms with van der Waals surface area (Å²) in [6.45, 7) is 4.50. The minimum absolute atomic E-state index is 0.00364. The Bertz CT molecular complexity index is 623. The number of halogens is 1. The van der Waals surface area contributed by atoms with E-state index in [1.54, 1.807) is 17.0 Å². The van der Waals surface area contributed by atoms with Gasteiger partial charge in [-0.2, -0.15) is 0 Å². The molecule has 4 heteroatoms. The van der Waals surface area contributed by atoms with Crippen LogP contribution in [0.2, 0.25) is 0 Å². The molecule has 0 saturated heterocycles. The maximum Gasteiger partial charge on any atom is 0.258 e. The standard InChI is InChI=1S/C16H17BrN2O/c1-3-19(13-9-7-12(18)8-10-13)16(20)14-5-4-6-15(17)11(14)2/h4-10H,3,18H2,1-2H3. The Morgan fingerprint density at radius 1 is 1.20 bits per heavy atom. The van der Waals surface area contributed by atoms with Gasteiger partial charge < -0.3 is 10.6 Å². The Morgan fingerprint density at radius 2 is 1.85 bits per heavy atom. The van der Waals surface area contributed by atoms with Crippen LogP contribution in [-0.4, -0.2) is 12.5 Å². The van der Waals surface area contributed by atoms with Gasteiger partial charge in [0.15, 0.2) is 0 Å². The van der Waals surface area contributed by atoms with Gasteiger partial charge >= 0.3 is 0 Å². The first-order valence-electron chi connectivity index (χ1n) is 6.47. The van der Waals surface area contributed by atoms with E-state index in [0.29, 0.717) is 17.8 Å². The zero-order chi connectivity index (χ0) is 14.7. The van der Waals surface area contributed by atoms with Gasteiger partial charge in [-0.3, -0.25) is 4.79 Å². The number of carbonyl (C=O) groups excluding carboxylic acids is 1. The van der Waals surface area contributed by atoms with Gasteiger partial charge in [-0.15, -0.1) is 0 Å². The lowest BCUT2D eigenvalue weighted by atomic mass is 10.1. The van der Waals surface area contributed by atoms with E-state index in [1.165, 1.54) is 0 Å². The Balaban J connectivity index is 2.39. The number of hydrogen-bond donors (Lipinski definition) is 1. The largest absolute Gasteiger partial charge is 0.399 e. The maximum atomic E-state index is 12.7. The Hall–Kier alpha value is -1.81. The van der Waals surface area contributed by atoms with Crippen LogP contribution in [0.4, 0.5) is 11.4 Å². The van der Waals surface area contributed by atoms with Crippen LogP contribution in [0.25, 0.3) is 0 Å². The minimum Gasteiger partial charge on any atom is -0.399 e. The molecule has 0 aliphatic heterocycles. The third-order valence-electron chi connectivity index (χ3n) is 3.26. The van der Waals surface area contributed by atoms with Crippen molar-refractivity contribution in [3.8, 4) is 0 Å². The van der Waals surface area contributed by atoms with E-state index in [9.17, 15) is 4.79 Å². The summed E-state index contributed by atoms with van der Waals surface area (Å²) in [6, 6.07) is 13.0. The Labute approximate surface area is 127 Å². The van der Waals surface area contributed by atoms with Crippen molar-refractivity contribution in [2.24, 2.45) is 0 Å². The summed E-state index contributed by atoms with van der Waals surface area (Å²) in [5.74, 6) is -0.00364. The summed E-state index contributed by atoms with van der Waals surface area (Å²) in [6.07, 6.45) is 0. The van der Waals surface area contributed by atoms with Crippen LogP contribution in [0.15, 0.2) is 46.9 Å². The number of amides is 1. The summed E-state index contributed by atoms with van der Waals surface area (Å²) in [5.41, 5.74) is 8.89. The Kier molecular flexibility index (Phi) is 4.45. The zero-order valence-electron chi connectivity index (χ0n) is 11.6. The first kappa shape index (κ1) is 14.6.